The summed E-state index contributed by atoms with van der Waals surface area (Å²) in [5.74, 6) is 1.52. The smallest absolute Gasteiger partial charge is 0.153 e. The van der Waals surface area contributed by atoms with Crippen LogP contribution in [0.3, 0.4) is 0 Å². The normalized spacial score (nSPS) is 25.7. The number of halogens is 1. The molecule has 0 spiro atoms. The van der Waals surface area contributed by atoms with Gasteiger partial charge in [-0.1, -0.05) is 0 Å². The van der Waals surface area contributed by atoms with Gasteiger partial charge in [-0.15, -0.1) is 23.1 Å². The summed E-state index contributed by atoms with van der Waals surface area (Å²) in [5.41, 5.74) is 0. The summed E-state index contributed by atoms with van der Waals surface area (Å²) in [6, 6.07) is 2.05. The van der Waals surface area contributed by atoms with Crippen molar-refractivity contribution < 1.29 is 4.79 Å². The fourth-order valence-electron chi connectivity index (χ4n) is 1.79. The van der Waals surface area contributed by atoms with Gasteiger partial charge in [0.15, 0.2) is 5.78 Å². The van der Waals surface area contributed by atoms with Gasteiger partial charge in [-0.2, -0.15) is 0 Å². The van der Waals surface area contributed by atoms with Crippen molar-refractivity contribution >= 4 is 44.8 Å². The summed E-state index contributed by atoms with van der Waals surface area (Å²) in [6.45, 7) is 2.09. The Bertz CT molecular complexity index is 366. The van der Waals surface area contributed by atoms with Crippen LogP contribution in [0.1, 0.15) is 24.6 Å². The number of rotatable bonds is 3. The van der Waals surface area contributed by atoms with Gasteiger partial charge in [0.05, 0.1) is 4.75 Å². The lowest BCUT2D eigenvalue weighted by Crippen LogP contribution is -2.29. The lowest BCUT2D eigenvalue weighted by molar-refractivity contribution is -0.120. The summed E-state index contributed by atoms with van der Waals surface area (Å²) >= 11 is 6.89. The molecule has 82 valence electrons. The van der Waals surface area contributed by atoms with E-state index in [1.54, 1.807) is 11.3 Å². The van der Waals surface area contributed by atoms with Crippen LogP contribution in [0.15, 0.2) is 15.9 Å². The van der Waals surface area contributed by atoms with Crippen LogP contribution >= 0.6 is 39.0 Å². The van der Waals surface area contributed by atoms with Gasteiger partial charge in [0.2, 0.25) is 0 Å². The Labute approximate surface area is 107 Å². The largest absolute Gasteiger partial charge is 0.298 e. The van der Waals surface area contributed by atoms with Gasteiger partial charge in [-0.05, 0) is 47.5 Å². The Morgan fingerprint density at radius 3 is 3.00 bits per heavy atom. The fraction of sp³-hybridized carbons (Fsp3) is 0.545. The minimum atomic E-state index is -0.115. The van der Waals surface area contributed by atoms with E-state index in [4.69, 9.17) is 0 Å². The van der Waals surface area contributed by atoms with Gasteiger partial charge in [0.25, 0.3) is 0 Å². The highest BCUT2D eigenvalue weighted by atomic mass is 79.9. The number of carbonyl (C=O) groups is 1. The lowest BCUT2D eigenvalue weighted by Gasteiger charge is -2.20. The van der Waals surface area contributed by atoms with Crippen molar-refractivity contribution in [1.82, 2.24) is 0 Å². The Morgan fingerprint density at radius 1 is 1.67 bits per heavy atom. The van der Waals surface area contributed by atoms with Crippen LogP contribution in [-0.4, -0.2) is 16.3 Å². The maximum absolute atomic E-state index is 12.1. The van der Waals surface area contributed by atoms with Crippen LogP contribution in [0.25, 0.3) is 0 Å². The van der Waals surface area contributed by atoms with Crippen molar-refractivity contribution in [1.29, 1.82) is 0 Å². The van der Waals surface area contributed by atoms with Crippen molar-refractivity contribution in [2.45, 2.75) is 30.9 Å². The third-order valence-corrected chi connectivity index (χ3v) is 6.02. The zero-order valence-corrected chi connectivity index (χ0v) is 11.8. The summed E-state index contributed by atoms with van der Waals surface area (Å²) in [7, 11) is 0. The molecule has 0 aliphatic carbocycles. The van der Waals surface area contributed by atoms with Crippen LogP contribution in [-0.2, 0) is 11.2 Å². The number of thioether (sulfide) groups is 1. The predicted octanol–water partition coefficient (Wildman–Crippen LogP) is 3.91. The van der Waals surface area contributed by atoms with E-state index in [0.29, 0.717) is 12.2 Å². The van der Waals surface area contributed by atoms with Crippen LogP contribution in [0, 0.1) is 0 Å². The van der Waals surface area contributed by atoms with E-state index in [1.807, 2.05) is 23.2 Å². The van der Waals surface area contributed by atoms with Gasteiger partial charge in [-0.25, -0.2) is 0 Å². The van der Waals surface area contributed by atoms with E-state index < -0.39 is 0 Å². The molecule has 0 N–H and O–H groups in total. The summed E-state index contributed by atoms with van der Waals surface area (Å²) < 4.78 is 0.968. The maximum Gasteiger partial charge on any atom is 0.153 e. The molecule has 0 radical (unpaired) electrons. The highest BCUT2D eigenvalue weighted by molar-refractivity contribution is 9.10. The van der Waals surface area contributed by atoms with Gasteiger partial charge in [-0.3, -0.25) is 4.79 Å². The first kappa shape index (κ1) is 11.7. The van der Waals surface area contributed by atoms with E-state index >= 15 is 0 Å². The van der Waals surface area contributed by atoms with E-state index in [9.17, 15) is 4.79 Å². The van der Waals surface area contributed by atoms with E-state index in [0.717, 1.165) is 16.6 Å². The molecule has 4 heteroatoms. The van der Waals surface area contributed by atoms with Crippen LogP contribution < -0.4 is 0 Å². The molecule has 1 aliphatic rings. The fourth-order valence-corrected chi connectivity index (χ4v) is 4.50. The number of hydrogen-bond donors (Lipinski definition) is 0. The molecule has 1 atom stereocenters. The summed E-state index contributed by atoms with van der Waals surface area (Å²) in [4.78, 5) is 13.3. The molecule has 1 aliphatic heterocycles. The van der Waals surface area contributed by atoms with Crippen LogP contribution in [0.5, 0.6) is 0 Å². The van der Waals surface area contributed by atoms with Crippen LogP contribution in [0.2, 0.25) is 0 Å². The van der Waals surface area contributed by atoms with E-state index in [-0.39, 0.29) is 4.75 Å². The van der Waals surface area contributed by atoms with E-state index in [2.05, 4.69) is 22.9 Å². The van der Waals surface area contributed by atoms with Gasteiger partial charge >= 0.3 is 0 Å². The van der Waals surface area contributed by atoms with Crippen molar-refractivity contribution in [3.05, 3.63) is 20.8 Å². The zero-order valence-electron chi connectivity index (χ0n) is 8.59. The maximum atomic E-state index is 12.1. The van der Waals surface area contributed by atoms with Crippen molar-refractivity contribution in [2.75, 3.05) is 5.75 Å². The second-order valence-electron chi connectivity index (χ2n) is 4.01. The Hall–Kier alpha value is 0.200. The monoisotopic (exact) mass is 304 g/mol. The first-order valence-corrected chi connectivity index (χ1v) is 7.66. The summed E-state index contributed by atoms with van der Waals surface area (Å²) in [6.07, 6.45) is 2.82. The Kier molecular flexibility index (Phi) is 3.58. The molecule has 2 heterocycles. The summed E-state index contributed by atoms with van der Waals surface area (Å²) in [5, 5.41) is 2.03. The zero-order chi connectivity index (χ0) is 10.9. The third kappa shape index (κ3) is 2.66. The number of Topliss-reactive ketones (excluding diaryl/α,β-unsaturated/α-hetero) is 1. The number of hydrogen-bond acceptors (Lipinski definition) is 3. The minimum absolute atomic E-state index is 0.115. The molecule has 1 aromatic rings. The first-order valence-electron chi connectivity index (χ1n) is 5.00. The average Bonchev–Trinajstić information content (AvgIpc) is 2.76. The molecule has 1 fully saturated rings. The molecule has 15 heavy (non-hydrogen) atoms. The number of carbonyl (C=O) groups excluding carboxylic acids is 1. The third-order valence-electron chi connectivity index (χ3n) is 2.77. The van der Waals surface area contributed by atoms with Crippen molar-refractivity contribution in [3.63, 3.8) is 0 Å². The molecule has 1 aromatic heterocycles. The van der Waals surface area contributed by atoms with Crippen LogP contribution in [0.4, 0.5) is 0 Å². The van der Waals surface area contributed by atoms with Gasteiger partial charge in [0, 0.05) is 21.2 Å². The quantitative estimate of drug-likeness (QED) is 0.842. The van der Waals surface area contributed by atoms with E-state index in [1.165, 1.54) is 11.3 Å². The first-order chi connectivity index (χ1) is 7.10. The molecule has 1 unspecified atom stereocenters. The van der Waals surface area contributed by atoms with Gasteiger partial charge < -0.3 is 0 Å². The molecule has 1 nitrogen and oxygen atoms in total. The molecule has 0 saturated carbocycles. The number of ketones is 1. The molecule has 0 aromatic carbocycles. The van der Waals surface area contributed by atoms with Gasteiger partial charge in [0.1, 0.15) is 0 Å². The van der Waals surface area contributed by atoms with Crippen molar-refractivity contribution in [3.8, 4) is 0 Å². The molecular formula is C11H13BrOS2. The molecular weight excluding hydrogens is 292 g/mol. The Morgan fingerprint density at radius 2 is 2.47 bits per heavy atom. The molecule has 0 amide bonds. The lowest BCUT2D eigenvalue weighted by atomic mass is 9.97. The Balaban J connectivity index is 2.03. The highest BCUT2D eigenvalue weighted by Crippen LogP contribution is 2.39. The molecule has 2 rings (SSSR count). The second-order valence-corrected chi connectivity index (χ2v) is 7.52. The van der Waals surface area contributed by atoms with Crippen molar-refractivity contribution in [2.24, 2.45) is 0 Å². The average molecular weight is 305 g/mol. The second kappa shape index (κ2) is 4.60. The minimum Gasteiger partial charge on any atom is -0.298 e. The number of thiophene rings is 1. The molecule has 1 saturated heterocycles. The predicted molar refractivity (Wildman–Crippen MR) is 70.8 cm³/mol. The highest BCUT2D eigenvalue weighted by Gasteiger charge is 2.36. The SMILES string of the molecule is CC1(C(=O)Cc2cc(Br)cs2)CCCS1. The standard InChI is InChI=1S/C11H13BrOS2/c1-11(3-2-4-15-11)10(13)6-9-5-8(12)7-14-9/h5,7H,2-4,6H2,1H3. The molecule has 0 bridgehead atoms. The topological polar surface area (TPSA) is 17.1 Å².